The maximum Gasteiger partial charge on any atom is 0.164 e. The fourth-order valence-electron chi connectivity index (χ4n) is 2.06. The molecule has 0 aliphatic carbocycles. The van der Waals surface area contributed by atoms with E-state index in [1.54, 1.807) is 21.3 Å². The van der Waals surface area contributed by atoms with Gasteiger partial charge in [0.1, 0.15) is 5.75 Å². The van der Waals surface area contributed by atoms with Gasteiger partial charge in [0.15, 0.2) is 11.5 Å². The third-order valence-corrected chi connectivity index (χ3v) is 3.20. The van der Waals surface area contributed by atoms with Crippen LogP contribution in [0.4, 0.5) is 0 Å². The summed E-state index contributed by atoms with van der Waals surface area (Å²) in [5, 5.41) is 0. The van der Waals surface area contributed by atoms with E-state index < -0.39 is 0 Å². The molecule has 1 fully saturated rings. The van der Waals surface area contributed by atoms with Crippen molar-refractivity contribution < 1.29 is 18.9 Å². The first-order valence-corrected chi connectivity index (χ1v) is 5.53. The zero-order chi connectivity index (χ0) is 12.5. The first-order chi connectivity index (χ1) is 8.14. The summed E-state index contributed by atoms with van der Waals surface area (Å²) < 4.78 is 21.3. The highest BCUT2D eigenvalue weighted by Crippen LogP contribution is 2.43. The molecule has 17 heavy (non-hydrogen) atoms. The molecule has 1 aliphatic heterocycles. The Hall–Kier alpha value is -1.42. The Morgan fingerprint density at radius 2 is 1.47 bits per heavy atom. The molecule has 0 saturated carbocycles. The highest BCUT2D eigenvalue weighted by Gasteiger charge is 2.38. The van der Waals surface area contributed by atoms with Crippen molar-refractivity contribution >= 4 is 0 Å². The third-order valence-electron chi connectivity index (χ3n) is 3.20. The number of methoxy groups -OCH3 is 3. The molecular formula is C13H18O4. The zero-order valence-electron chi connectivity index (χ0n) is 10.7. The normalized spacial score (nSPS) is 17.2. The highest BCUT2D eigenvalue weighted by molar-refractivity contribution is 5.53. The summed E-state index contributed by atoms with van der Waals surface area (Å²) in [4.78, 5) is 0. The van der Waals surface area contributed by atoms with Crippen molar-refractivity contribution in [1.29, 1.82) is 0 Å². The summed E-state index contributed by atoms with van der Waals surface area (Å²) in [5.74, 6) is 2.21. The van der Waals surface area contributed by atoms with Crippen molar-refractivity contribution in [3.05, 3.63) is 17.7 Å². The topological polar surface area (TPSA) is 36.9 Å². The molecule has 0 amide bonds. The van der Waals surface area contributed by atoms with Gasteiger partial charge in [-0.25, -0.2) is 0 Å². The largest absolute Gasteiger partial charge is 0.496 e. The van der Waals surface area contributed by atoms with Crippen molar-refractivity contribution in [2.75, 3.05) is 34.5 Å². The van der Waals surface area contributed by atoms with Crippen LogP contribution in [0.3, 0.4) is 0 Å². The summed E-state index contributed by atoms with van der Waals surface area (Å²) in [6, 6.07) is 3.83. The predicted octanol–water partition coefficient (Wildman–Crippen LogP) is 2.00. The molecule has 0 atom stereocenters. The van der Waals surface area contributed by atoms with Gasteiger partial charge in [0.05, 0.1) is 34.5 Å². The van der Waals surface area contributed by atoms with Crippen LogP contribution >= 0.6 is 0 Å². The van der Waals surface area contributed by atoms with Crippen LogP contribution in [-0.4, -0.2) is 34.5 Å². The van der Waals surface area contributed by atoms with Gasteiger partial charge in [0.2, 0.25) is 0 Å². The zero-order valence-corrected chi connectivity index (χ0v) is 10.7. The van der Waals surface area contributed by atoms with Crippen molar-refractivity contribution in [1.82, 2.24) is 0 Å². The Morgan fingerprint density at radius 1 is 0.941 bits per heavy atom. The van der Waals surface area contributed by atoms with Crippen LogP contribution in [0.15, 0.2) is 12.1 Å². The first kappa shape index (κ1) is 12.0. The fraction of sp³-hybridized carbons (Fsp3) is 0.538. The van der Waals surface area contributed by atoms with Gasteiger partial charge in [-0.15, -0.1) is 0 Å². The van der Waals surface area contributed by atoms with Crippen LogP contribution in [0, 0.1) is 0 Å². The molecule has 4 heteroatoms. The number of hydrogen-bond acceptors (Lipinski definition) is 4. The average molecular weight is 238 g/mol. The number of hydrogen-bond donors (Lipinski definition) is 0. The lowest BCUT2D eigenvalue weighted by molar-refractivity contribution is -0.0510. The molecule has 0 N–H and O–H groups in total. The fourth-order valence-corrected chi connectivity index (χ4v) is 2.06. The standard InChI is InChI=1S/C13H18O4/c1-13(7-17-8-13)9-5-11(15-3)12(16-4)6-10(9)14-2/h5-6H,7-8H2,1-4H3. The van der Waals surface area contributed by atoms with Gasteiger partial charge < -0.3 is 18.9 Å². The first-order valence-electron chi connectivity index (χ1n) is 5.53. The van der Waals surface area contributed by atoms with E-state index in [2.05, 4.69) is 6.92 Å². The molecule has 2 rings (SSSR count). The van der Waals surface area contributed by atoms with Crippen LogP contribution in [0.25, 0.3) is 0 Å². The summed E-state index contributed by atoms with van der Waals surface area (Å²) in [5.41, 5.74) is 1.11. The average Bonchev–Trinajstić information content (AvgIpc) is 2.34. The SMILES string of the molecule is COc1cc(OC)c(C2(C)COC2)cc1OC. The third kappa shape index (κ3) is 1.93. The van der Waals surface area contributed by atoms with Crippen molar-refractivity contribution in [2.24, 2.45) is 0 Å². The van der Waals surface area contributed by atoms with Gasteiger partial charge in [0, 0.05) is 17.0 Å². The van der Waals surface area contributed by atoms with E-state index in [0.29, 0.717) is 19.0 Å². The van der Waals surface area contributed by atoms with E-state index in [0.717, 1.165) is 17.1 Å². The smallest absolute Gasteiger partial charge is 0.164 e. The molecule has 1 aromatic rings. The molecule has 0 unspecified atom stereocenters. The van der Waals surface area contributed by atoms with Gasteiger partial charge in [-0.3, -0.25) is 0 Å². The second-order valence-corrected chi connectivity index (χ2v) is 4.46. The van der Waals surface area contributed by atoms with Crippen LogP contribution in [0.2, 0.25) is 0 Å². The lowest BCUT2D eigenvalue weighted by Gasteiger charge is -2.39. The van der Waals surface area contributed by atoms with E-state index in [-0.39, 0.29) is 5.41 Å². The van der Waals surface area contributed by atoms with Crippen LogP contribution in [0.5, 0.6) is 17.2 Å². The second-order valence-electron chi connectivity index (χ2n) is 4.46. The van der Waals surface area contributed by atoms with Crippen molar-refractivity contribution in [3.8, 4) is 17.2 Å². The minimum Gasteiger partial charge on any atom is -0.496 e. The van der Waals surface area contributed by atoms with Crippen LogP contribution in [-0.2, 0) is 10.2 Å². The van der Waals surface area contributed by atoms with Crippen molar-refractivity contribution in [2.45, 2.75) is 12.3 Å². The molecule has 94 valence electrons. The quantitative estimate of drug-likeness (QED) is 0.804. The minimum absolute atomic E-state index is 0.00486. The molecule has 1 aliphatic rings. The molecule has 0 spiro atoms. The highest BCUT2D eigenvalue weighted by atomic mass is 16.5. The van der Waals surface area contributed by atoms with E-state index in [9.17, 15) is 0 Å². The molecular weight excluding hydrogens is 220 g/mol. The molecule has 0 aromatic heterocycles. The Bertz CT molecular complexity index is 410. The van der Waals surface area contributed by atoms with Crippen LogP contribution < -0.4 is 14.2 Å². The maximum atomic E-state index is 5.42. The summed E-state index contributed by atoms with van der Waals surface area (Å²) in [6.45, 7) is 3.57. The Labute approximate surface area is 101 Å². The monoisotopic (exact) mass is 238 g/mol. The van der Waals surface area contributed by atoms with Gasteiger partial charge >= 0.3 is 0 Å². The lowest BCUT2D eigenvalue weighted by Crippen LogP contribution is -2.44. The minimum atomic E-state index is 0.00486. The van der Waals surface area contributed by atoms with Gasteiger partial charge in [-0.1, -0.05) is 6.92 Å². The molecule has 1 heterocycles. The molecule has 0 bridgehead atoms. The van der Waals surface area contributed by atoms with E-state index in [1.165, 1.54) is 0 Å². The second kappa shape index (κ2) is 4.45. The predicted molar refractivity (Wildman–Crippen MR) is 64.3 cm³/mol. The van der Waals surface area contributed by atoms with Crippen LogP contribution in [0.1, 0.15) is 12.5 Å². The van der Waals surface area contributed by atoms with E-state index in [4.69, 9.17) is 18.9 Å². The Morgan fingerprint density at radius 3 is 1.88 bits per heavy atom. The summed E-state index contributed by atoms with van der Waals surface area (Å²) in [6.07, 6.45) is 0. The Balaban J connectivity index is 2.49. The maximum absolute atomic E-state index is 5.42. The number of ether oxygens (including phenoxy) is 4. The molecule has 4 nitrogen and oxygen atoms in total. The van der Waals surface area contributed by atoms with E-state index >= 15 is 0 Å². The van der Waals surface area contributed by atoms with Gasteiger partial charge in [0.25, 0.3) is 0 Å². The van der Waals surface area contributed by atoms with E-state index in [1.807, 2.05) is 12.1 Å². The van der Waals surface area contributed by atoms with Gasteiger partial charge in [-0.2, -0.15) is 0 Å². The Kier molecular flexibility index (Phi) is 3.15. The lowest BCUT2D eigenvalue weighted by atomic mass is 9.80. The van der Waals surface area contributed by atoms with Gasteiger partial charge in [-0.05, 0) is 6.07 Å². The summed E-state index contributed by atoms with van der Waals surface area (Å²) >= 11 is 0. The molecule has 1 saturated heterocycles. The number of benzene rings is 1. The number of rotatable bonds is 4. The van der Waals surface area contributed by atoms with Crippen molar-refractivity contribution in [3.63, 3.8) is 0 Å². The summed E-state index contributed by atoms with van der Waals surface area (Å²) in [7, 11) is 4.91. The molecule has 1 aromatic carbocycles. The molecule has 0 radical (unpaired) electrons.